The third-order valence-electron chi connectivity index (χ3n) is 22.7. The summed E-state index contributed by atoms with van der Waals surface area (Å²) in [5.74, 6) is 1.61. The molecule has 0 aromatic heterocycles. The fourth-order valence-corrected chi connectivity index (χ4v) is 16.7. The summed E-state index contributed by atoms with van der Waals surface area (Å²) >= 11 is 0. The lowest BCUT2D eigenvalue weighted by Crippen LogP contribution is -2.36. The van der Waals surface area contributed by atoms with Gasteiger partial charge in [-0.3, -0.25) is 28.8 Å². The normalized spacial score (nSPS) is 32.5. The van der Waals surface area contributed by atoms with Crippen LogP contribution in [0.15, 0.2) is 0 Å². The standard InChI is InChI=1S/C17H30O2.C16H28O3.2C10H16O3.C10H18O2.C9H16O3.12CH4/c1-4-13-11-14(5-2)15(12-13)16(18)19-17(6-3)9-7-8-10-17;1-4-12-11-13(14(5-2)18-12)15(17)19-16(6-3)9-7-8-10-16;2*1-3-7-6-5-12-10(11)9(6)8(4-2)13-7;1-3-7-5-8(4-2)9(6-7)10(11)12;1-3-6-5-7(9(10)11)8(4-2)12-6;;;;;;;;;;;;/h13-15H,4-12H2,1-3H3;12-14H,4-11H2,1-3H3;2*6-9H,3-5H2,1-2H3;7-9H,3-6H2,1-2H3,(H,11,12);6-8H,3-5H2,1-2H3,(H,10,11);12*1H4. The molecule has 100 heavy (non-hydrogen) atoms. The lowest BCUT2D eigenvalue weighted by molar-refractivity contribution is -0.167. The monoisotopic (exact) mass is 1440 g/mol. The minimum atomic E-state index is -0.710. The highest BCUT2D eigenvalue weighted by Crippen LogP contribution is 2.46. The molecule has 0 bridgehead atoms. The molecule has 16 heteroatoms. The summed E-state index contributed by atoms with van der Waals surface area (Å²) in [5.41, 5.74) is -0.278. The van der Waals surface area contributed by atoms with E-state index >= 15 is 0 Å². The summed E-state index contributed by atoms with van der Waals surface area (Å²) in [7, 11) is 0. The van der Waals surface area contributed by atoms with Gasteiger partial charge in [0.2, 0.25) is 0 Å². The van der Waals surface area contributed by atoms with Crippen molar-refractivity contribution in [2.24, 2.45) is 71.0 Å². The van der Waals surface area contributed by atoms with Crippen LogP contribution in [0.3, 0.4) is 0 Å². The largest absolute Gasteiger partial charge is 0.481 e. The Morgan fingerprint density at radius 2 is 0.670 bits per heavy atom. The SMILES string of the molecule is C.C.C.C.C.C.C.C.C.C.C.C.CCC1CC(C(=O)O)C(CC)O1.CCC1CC(C(=O)OC2(CC)CCCC2)C(CC)O1.CCC1CC(CC)C(C(=O)O)C1.CCC1CC(CC)C(C(=O)OC2(CC)CCCC2)C1.CCC1OC(CC)C2C(=O)OCC12.CCC1OC(CC)C2C(=O)OCC12. The number of rotatable bonds is 20. The minimum absolute atomic E-state index is 0. The van der Waals surface area contributed by atoms with Crippen molar-refractivity contribution in [3.8, 4) is 0 Å². The van der Waals surface area contributed by atoms with Gasteiger partial charge in [-0.2, -0.15) is 0 Å². The van der Waals surface area contributed by atoms with Crippen molar-refractivity contribution in [3.05, 3.63) is 0 Å². The number of cyclic esters (lactones) is 2. The van der Waals surface area contributed by atoms with Gasteiger partial charge in [-0.05, 0) is 178 Å². The molecule has 10 aliphatic rings. The van der Waals surface area contributed by atoms with Gasteiger partial charge in [0.1, 0.15) is 11.2 Å². The number of carbonyl (C=O) groups excluding carboxylic acids is 4. The van der Waals surface area contributed by atoms with E-state index in [9.17, 15) is 28.8 Å². The van der Waals surface area contributed by atoms with Gasteiger partial charge in [0.15, 0.2) is 0 Å². The van der Waals surface area contributed by atoms with Crippen LogP contribution in [0.2, 0.25) is 0 Å². The van der Waals surface area contributed by atoms with Crippen molar-refractivity contribution in [1.29, 1.82) is 0 Å². The van der Waals surface area contributed by atoms with Crippen LogP contribution < -0.4 is 0 Å². The molecule has 0 aromatic carbocycles. The van der Waals surface area contributed by atoms with Crippen LogP contribution in [0.4, 0.5) is 0 Å². The van der Waals surface area contributed by atoms with Crippen LogP contribution in [-0.2, 0) is 66.7 Å². The Morgan fingerprint density at radius 1 is 0.360 bits per heavy atom. The molecule has 6 aliphatic heterocycles. The maximum atomic E-state index is 12.6. The summed E-state index contributed by atoms with van der Waals surface area (Å²) in [5, 5.41) is 17.8. The first-order chi connectivity index (χ1) is 42.2. The van der Waals surface area contributed by atoms with Gasteiger partial charge in [-0.1, -0.05) is 212 Å². The molecule has 20 atom stereocenters. The van der Waals surface area contributed by atoms with E-state index in [1.807, 2.05) is 13.8 Å². The number of carboxylic acids is 2. The Morgan fingerprint density at radius 3 is 0.950 bits per heavy atom. The summed E-state index contributed by atoms with van der Waals surface area (Å²) in [6.07, 6.45) is 29.8. The van der Waals surface area contributed by atoms with E-state index in [-0.39, 0.29) is 209 Å². The average Bonchev–Trinajstić information content (AvgIpc) is 1.64. The first-order valence-electron chi connectivity index (χ1n) is 36.1. The summed E-state index contributed by atoms with van der Waals surface area (Å²) in [4.78, 5) is 69.4. The molecule has 0 spiro atoms. The first kappa shape index (κ1) is 113. The predicted molar refractivity (Wildman–Crippen MR) is 421 cm³/mol. The number of ether oxygens (including phenoxy) is 8. The maximum Gasteiger partial charge on any atom is 0.312 e. The Balaban J connectivity index is -0.000000167. The van der Waals surface area contributed by atoms with Crippen molar-refractivity contribution >= 4 is 35.8 Å². The zero-order valence-electron chi connectivity index (χ0n) is 57.4. The zero-order chi connectivity index (χ0) is 64.9. The summed E-state index contributed by atoms with van der Waals surface area (Å²) in [6.45, 7) is 30.7. The van der Waals surface area contributed by atoms with E-state index in [1.165, 1.54) is 38.5 Å². The van der Waals surface area contributed by atoms with E-state index in [0.29, 0.717) is 49.2 Å². The van der Waals surface area contributed by atoms with Gasteiger partial charge < -0.3 is 48.1 Å². The van der Waals surface area contributed by atoms with Crippen LogP contribution in [0.5, 0.6) is 0 Å². The molecule has 10 rings (SSSR count). The molecular formula is C84H172O16. The first-order valence-corrected chi connectivity index (χ1v) is 36.1. The molecular weight excluding hydrogens is 1260 g/mol. The highest BCUT2D eigenvalue weighted by Gasteiger charge is 2.53. The fraction of sp³-hybridized carbons (Fsp3) is 0.929. The fourth-order valence-electron chi connectivity index (χ4n) is 16.7. The number of carboxylic acid groups (broad SMARTS) is 2. The molecule has 20 unspecified atom stereocenters. The van der Waals surface area contributed by atoms with Crippen molar-refractivity contribution in [2.75, 3.05) is 13.2 Å². The average molecular weight is 1440 g/mol. The quantitative estimate of drug-likeness (QED) is 0.0856. The van der Waals surface area contributed by atoms with Gasteiger partial charge >= 0.3 is 35.8 Å². The molecule has 0 aromatic rings. The zero-order valence-corrected chi connectivity index (χ0v) is 57.4. The molecule has 0 radical (unpaired) electrons. The second-order valence-corrected chi connectivity index (χ2v) is 27.7. The van der Waals surface area contributed by atoms with E-state index in [1.54, 1.807) is 0 Å². The van der Waals surface area contributed by atoms with Crippen LogP contribution in [0.1, 0.15) is 366 Å². The highest BCUT2D eigenvalue weighted by molar-refractivity contribution is 5.77. The van der Waals surface area contributed by atoms with E-state index < -0.39 is 11.9 Å². The Labute approximate surface area is 620 Å². The van der Waals surface area contributed by atoms with Gasteiger partial charge in [0.05, 0.1) is 97.6 Å². The Kier molecular flexibility index (Phi) is 62.1. The number of fused-ring (bicyclic) bond motifs is 2. The second-order valence-electron chi connectivity index (χ2n) is 27.7. The number of hydrogen-bond donors (Lipinski definition) is 2. The number of aliphatic carboxylic acids is 2. The minimum Gasteiger partial charge on any atom is -0.481 e. The highest BCUT2D eigenvalue weighted by atomic mass is 16.6. The topological polar surface area (TPSA) is 217 Å². The van der Waals surface area contributed by atoms with E-state index in [2.05, 4.69) is 83.1 Å². The third kappa shape index (κ3) is 29.2. The maximum absolute atomic E-state index is 12.6. The molecule has 10 fully saturated rings. The number of carbonyl (C=O) groups is 6. The van der Waals surface area contributed by atoms with Crippen molar-refractivity contribution in [3.63, 3.8) is 0 Å². The predicted octanol–water partition coefficient (Wildman–Crippen LogP) is 23.1. The number of esters is 4. The molecule has 4 saturated carbocycles. The van der Waals surface area contributed by atoms with Crippen LogP contribution >= 0.6 is 0 Å². The van der Waals surface area contributed by atoms with Crippen LogP contribution in [-0.4, -0.2) is 119 Å². The van der Waals surface area contributed by atoms with Crippen LogP contribution in [0.25, 0.3) is 0 Å². The molecule has 0 amide bonds. The van der Waals surface area contributed by atoms with E-state index in [0.717, 1.165) is 141 Å². The third-order valence-corrected chi connectivity index (χ3v) is 22.7. The van der Waals surface area contributed by atoms with Crippen molar-refractivity contribution in [2.45, 2.75) is 426 Å². The van der Waals surface area contributed by atoms with Gasteiger partial charge in [0.25, 0.3) is 0 Å². The van der Waals surface area contributed by atoms with Gasteiger partial charge in [-0.25, -0.2) is 0 Å². The molecule has 4 aliphatic carbocycles. The number of hydrogen-bond acceptors (Lipinski definition) is 14. The van der Waals surface area contributed by atoms with Crippen LogP contribution in [0, 0.1) is 71.0 Å². The van der Waals surface area contributed by atoms with Crippen molar-refractivity contribution in [1.82, 2.24) is 0 Å². The molecule has 16 nitrogen and oxygen atoms in total. The summed E-state index contributed by atoms with van der Waals surface area (Å²) in [6, 6.07) is 0. The van der Waals surface area contributed by atoms with Gasteiger partial charge in [0, 0.05) is 11.8 Å². The lowest BCUT2D eigenvalue weighted by atomic mass is 9.88. The molecule has 604 valence electrons. The molecule has 2 N–H and O–H groups in total. The Bertz CT molecular complexity index is 1980. The lowest BCUT2D eigenvalue weighted by Gasteiger charge is -2.30. The Hall–Kier alpha value is -3.34. The molecule has 6 heterocycles. The van der Waals surface area contributed by atoms with Crippen molar-refractivity contribution < 1.29 is 76.9 Å². The summed E-state index contributed by atoms with van der Waals surface area (Å²) < 4.78 is 45.2. The van der Waals surface area contributed by atoms with E-state index in [4.69, 9.17) is 48.1 Å². The van der Waals surface area contributed by atoms with Gasteiger partial charge in [-0.15, -0.1) is 0 Å². The second kappa shape index (κ2) is 55.2. The molecule has 6 saturated heterocycles. The smallest absolute Gasteiger partial charge is 0.312 e.